The fourth-order valence-corrected chi connectivity index (χ4v) is 4.46. The summed E-state index contributed by atoms with van der Waals surface area (Å²) >= 11 is 1.13. The van der Waals surface area contributed by atoms with Crippen LogP contribution in [0.4, 0.5) is 8.78 Å². The number of rotatable bonds is 5. The van der Waals surface area contributed by atoms with Gasteiger partial charge in [0, 0.05) is 6.07 Å². The van der Waals surface area contributed by atoms with Gasteiger partial charge in [-0.1, -0.05) is 30.3 Å². The summed E-state index contributed by atoms with van der Waals surface area (Å²) in [5, 5.41) is 0. The normalized spacial score (nSPS) is 16.3. The van der Waals surface area contributed by atoms with Crippen LogP contribution in [0.3, 0.4) is 0 Å². The molecule has 1 aliphatic rings. The highest BCUT2D eigenvalue weighted by Gasteiger charge is 2.40. The first-order valence-corrected chi connectivity index (χ1v) is 9.88. The lowest BCUT2D eigenvalue weighted by atomic mass is 9.99. The molecule has 1 aliphatic carbocycles. The number of hydrogen-bond donors (Lipinski definition) is 1. The van der Waals surface area contributed by atoms with Crippen molar-refractivity contribution >= 4 is 23.2 Å². The first kappa shape index (κ1) is 19.2. The highest BCUT2D eigenvalue weighted by Crippen LogP contribution is 2.42. The summed E-state index contributed by atoms with van der Waals surface area (Å²) in [5.74, 6) is -2.56. The summed E-state index contributed by atoms with van der Waals surface area (Å²) in [7, 11) is 0. The second-order valence-corrected chi connectivity index (χ2v) is 7.69. The minimum absolute atomic E-state index is 0.317. The van der Waals surface area contributed by atoms with Crippen LogP contribution in [0.25, 0.3) is 0 Å². The molecule has 2 N–H and O–H groups in total. The molecule has 0 radical (unpaired) electrons. The zero-order chi connectivity index (χ0) is 20.5. The predicted octanol–water partition coefficient (Wildman–Crippen LogP) is 3.78. The Hall–Kier alpha value is -3.13. The smallest absolute Gasteiger partial charge is 0.267 e. The van der Waals surface area contributed by atoms with Crippen LogP contribution in [0, 0.1) is 11.6 Å². The number of halogens is 2. The number of nitrogens with zero attached hydrogens (tertiary/aromatic N) is 2. The maximum absolute atomic E-state index is 14.3. The number of thiazole rings is 1. The topological polar surface area (TPSA) is 76.3 Å². The molecule has 1 heterocycles. The van der Waals surface area contributed by atoms with Crippen molar-refractivity contribution < 1.29 is 18.4 Å². The number of carbonyl (C=O) groups excluding carboxylic acids is 2. The van der Waals surface area contributed by atoms with E-state index in [0.717, 1.165) is 17.4 Å². The van der Waals surface area contributed by atoms with E-state index in [2.05, 4.69) is 4.98 Å². The molecule has 148 valence electrons. The lowest BCUT2D eigenvalue weighted by Crippen LogP contribution is -2.43. The zero-order valence-corrected chi connectivity index (χ0v) is 16.0. The van der Waals surface area contributed by atoms with Crippen LogP contribution < -0.4 is 5.73 Å². The lowest BCUT2D eigenvalue weighted by Gasteiger charge is -2.35. The molecule has 2 amide bonds. The number of carbonyl (C=O) groups is 2. The zero-order valence-electron chi connectivity index (χ0n) is 15.2. The second kappa shape index (κ2) is 7.71. The van der Waals surface area contributed by atoms with Crippen molar-refractivity contribution in [2.45, 2.75) is 24.9 Å². The van der Waals surface area contributed by atoms with Crippen molar-refractivity contribution in [2.24, 2.45) is 5.73 Å². The maximum Gasteiger partial charge on any atom is 0.267 e. The lowest BCUT2D eigenvalue weighted by molar-refractivity contribution is -0.123. The van der Waals surface area contributed by atoms with Crippen LogP contribution in [0.15, 0.2) is 54.2 Å². The van der Waals surface area contributed by atoms with E-state index in [0.29, 0.717) is 34.4 Å². The van der Waals surface area contributed by atoms with Crippen LogP contribution in [0.5, 0.6) is 0 Å². The van der Waals surface area contributed by atoms with Gasteiger partial charge in [-0.2, -0.15) is 0 Å². The molecule has 1 aromatic heterocycles. The molecule has 0 saturated carbocycles. The Bertz CT molecular complexity index is 1060. The van der Waals surface area contributed by atoms with Crippen molar-refractivity contribution in [3.8, 4) is 0 Å². The van der Waals surface area contributed by atoms with Crippen molar-refractivity contribution in [2.75, 3.05) is 0 Å². The van der Waals surface area contributed by atoms with Crippen LogP contribution in [0.2, 0.25) is 0 Å². The van der Waals surface area contributed by atoms with E-state index in [-0.39, 0.29) is 0 Å². The van der Waals surface area contributed by atoms with Gasteiger partial charge in [0.05, 0.1) is 17.7 Å². The Labute approximate surface area is 169 Å². The Morgan fingerprint density at radius 3 is 2.62 bits per heavy atom. The van der Waals surface area contributed by atoms with Crippen molar-refractivity contribution in [1.29, 1.82) is 0 Å². The molecule has 3 aromatic rings. The number of primary amides is 1. The third kappa shape index (κ3) is 3.51. The van der Waals surface area contributed by atoms with E-state index in [1.54, 1.807) is 30.3 Å². The number of aromatic nitrogens is 1. The summed E-state index contributed by atoms with van der Waals surface area (Å²) in [6.07, 6.45) is 2.10. The molecule has 5 nitrogen and oxygen atoms in total. The van der Waals surface area contributed by atoms with Gasteiger partial charge < -0.3 is 10.6 Å². The van der Waals surface area contributed by atoms with Gasteiger partial charge in [-0.15, -0.1) is 11.3 Å². The number of benzene rings is 2. The van der Waals surface area contributed by atoms with Crippen LogP contribution in [-0.4, -0.2) is 21.7 Å². The molecule has 8 heteroatoms. The van der Waals surface area contributed by atoms with Gasteiger partial charge in [-0.05, 0) is 35.6 Å². The van der Waals surface area contributed by atoms with E-state index < -0.39 is 35.5 Å². The number of hydrogen-bond acceptors (Lipinski definition) is 4. The van der Waals surface area contributed by atoms with Crippen molar-refractivity contribution in [1.82, 2.24) is 9.88 Å². The monoisotopic (exact) mass is 413 g/mol. The molecule has 0 unspecified atom stereocenters. The first-order valence-electron chi connectivity index (χ1n) is 9.00. The van der Waals surface area contributed by atoms with Gasteiger partial charge in [0.15, 0.2) is 0 Å². The van der Waals surface area contributed by atoms with Crippen molar-refractivity contribution in [3.05, 3.63) is 87.4 Å². The summed E-state index contributed by atoms with van der Waals surface area (Å²) in [6, 6.07) is 8.94. The Balaban J connectivity index is 1.87. The molecular formula is C21H17F2N3O2S. The minimum Gasteiger partial charge on any atom is -0.368 e. The van der Waals surface area contributed by atoms with E-state index in [1.807, 2.05) is 0 Å². The molecule has 0 saturated heterocycles. The molecule has 2 aromatic carbocycles. The first-order chi connectivity index (χ1) is 14.0. The van der Waals surface area contributed by atoms with Gasteiger partial charge >= 0.3 is 0 Å². The largest absolute Gasteiger partial charge is 0.368 e. The van der Waals surface area contributed by atoms with Gasteiger partial charge in [-0.25, -0.2) is 8.78 Å². The highest BCUT2D eigenvalue weighted by molar-refractivity contribution is 7.11. The summed E-state index contributed by atoms with van der Waals surface area (Å²) < 4.78 is 28.3. The van der Waals surface area contributed by atoms with Crippen LogP contribution in [-0.2, 0) is 11.2 Å². The van der Waals surface area contributed by atoms with Crippen LogP contribution >= 0.6 is 11.3 Å². The van der Waals surface area contributed by atoms with Gasteiger partial charge in [0.25, 0.3) is 5.91 Å². The fourth-order valence-electron chi connectivity index (χ4n) is 3.89. The second-order valence-electron chi connectivity index (χ2n) is 6.80. The summed E-state index contributed by atoms with van der Waals surface area (Å²) in [6.45, 7) is 0. The molecule has 4 rings (SSSR count). The maximum atomic E-state index is 14.3. The quantitative estimate of drug-likeness (QED) is 0.692. The number of amides is 2. The van der Waals surface area contributed by atoms with Crippen LogP contribution in [0.1, 0.15) is 44.9 Å². The fraction of sp³-hybridized carbons (Fsp3) is 0.190. The highest BCUT2D eigenvalue weighted by atomic mass is 32.1. The molecule has 0 bridgehead atoms. The Morgan fingerprint density at radius 2 is 1.97 bits per heavy atom. The molecule has 0 aliphatic heterocycles. The van der Waals surface area contributed by atoms with Crippen molar-refractivity contribution in [3.63, 3.8) is 0 Å². The predicted molar refractivity (Wildman–Crippen MR) is 104 cm³/mol. The van der Waals surface area contributed by atoms with E-state index in [1.165, 1.54) is 22.7 Å². The summed E-state index contributed by atoms with van der Waals surface area (Å²) in [4.78, 5) is 31.5. The SMILES string of the molecule is NC(=O)[C@@H](c1ccccc1)N(C(=O)c1cncs1)[C@@H]1CCc2c(F)cc(F)cc21. The molecule has 0 fully saturated rings. The van der Waals surface area contributed by atoms with E-state index in [9.17, 15) is 18.4 Å². The average molecular weight is 413 g/mol. The van der Waals surface area contributed by atoms with Gasteiger partial charge in [0.2, 0.25) is 5.91 Å². The minimum atomic E-state index is -1.09. The van der Waals surface area contributed by atoms with Gasteiger partial charge in [0.1, 0.15) is 22.6 Å². The molecular weight excluding hydrogens is 396 g/mol. The Kier molecular flexibility index (Phi) is 5.10. The van der Waals surface area contributed by atoms with E-state index in [4.69, 9.17) is 5.73 Å². The molecule has 2 atom stereocenters. The third-order valence-corrected chi connectivity index (χ3v) is 5.86. The number of fused-ring (bicyclic) bond motifs is 1. The average Bonchev–Trinajstić information content (AvgIpc) is 3.36. The molecule has 29 heavy (non-hydrogen) atoms. The molecule has 0 spiro atoms. The standard InChI is InChI=1S/C21H17F2N3O2S/c22-13-8-15-14(16(23)9-13)6-7-17(15)26(21(28)18-10-25-11-29-18)19(20(24)27)12-4-2-1-3-5-12/h1-5,8-11,17,19H,6-7H2,(H2,24,27)/t17-,19-/m1/s1. The number of nitrogens with two attached hydrogens (primary N) is 1. The van der Waals surface area contributed by atoms with Gasteiger partial charge in [-0.3, -0.25) is 14.6 Å². The summed E-state index contributed by atoms with van der Waals surface area (Å²) in [5.41, 5.74) is 8.47. The Morgan fingerprint density at radius 1 is 1.21 bits per heavy atom. The van der Waals surface area contributed by atoms with E-state index >= 15 is 0 Å². The third-order valence-electron chi connectivity index (χ3n) is 5.10.